The molecule has 0 heterocycles. The summed E-state index contributed by atoms with van der Waals surface area (Å²) in [4.78, 5) is 12.3. The van der Waals surface area contributed by atoms with Gasteiger partial charge in [-0.3, -0.25) is 4.79 Å². The van der Waals surface area contributed by atoms with Gasteiger partial charge in [0.05, 0.1) is 18.8 Å². The smallest absolute Gasteiger partial charge is 0.220 e. The summed E-state index contributed by atoms with van der Waals surface area (Å²) in [6.45, 7) is 4.12. The molecule has 0 fully saturated rings. The SMILES string of the molecule is CCCCCC/C=C\CCCC(=O)NC(CO)C(O)C(O)CCCCCCCCCCCCCCCCCCCCCC. The number of rotatable bonds is 34. The molecule has 0 saturated carbocycles. The van der Waals surface area contributed by atoms with Crippen LogP contribution in [0.1, 0.15) is 200 Å². The van der Waals surface area contributed by atoms with E-state index >= 15 is 0 Å². The van der Waals surface area contributed by atoms with Gasteiger partial charge in [-0.25, -0.2) is 0 Å². The number of hydrogen-bond donors (Lipinski definition) is 4. The van der Waals surface area contributed by atoms with Crippen molar-refractivity contribution in [3.63, 3.8) is 0 Å². The number of allylic oxidation sites excluding steroid dienone is 2. The van der Waals surface area contributed by atoms with Crippen molar-refractivity contribution in [2.75, 3.05) is 6.61 Å². The van der Waals surface area contributed by atoms with Crippen molar-refractivity contribution < 1.29 is 20.1 Å². The van der Waals surface area contributed by atoms with Crippen LogP contribution in [0.3, 0.4) is 0 Å². The second kappa shape index (κ2) is 34.0. The molecule has 0 saturated heterocycles. The van der Waals surface area contributed by atoms with Crippen LogP contribution in [0, 0.1) is 0 Å². The van der Waals surface area contributed by atoms with Crippen LogP contribution in [-0.4, -0.2) is 46.1 Å². The molecule has 1 amide bonds. The van der Waals surface area contributed by atoms with Crippen LogP contribution in [0.2, 0.25) is 0 Å². The number of aliphatic hydroxyl groups excluding tert-OH is 3. The highest BCUT2D eigenvalue weighted by molar-refractivity contribution is 5.76. The summed E-state index contributed by atoms with van der Waals surface area (Å²) in [5, 5.41) is 33.3. The van der Waals surface area contributed by atoms with Crippen LogP contribution in [0.25, 0.3) is 0 Å². The third-order valence-electron chi connectivity index (χ3n) is 8.87. The molecule has 0 aliphatic heterocycles. The first-order valence-corrected chi connectivity index (χ1v) is 19.0. The van der Waals surface area contributed by atoms with Crippen molar-refractivity contribution in [1.82, 2.24) is 5.32 Å². The van der Waals surface area contributed by atoms with E-state index in [4.69, 9.17) is 0 Å². The molecule has 43 heavy (non-hydrogen) atoms. The van der Waals surface area contributed by atoms with E-state index < -0.39 is 18.2 Å². The predicted molar refractivity (Wildman–Crippen MR) is 185 cm³/mol. The fourth-order valence-electron chi connectivity index (χ4n) is 5.87. The van der Waals surface area contributed by atoms with Crippen molar-refractivity contribution >= 4 is 5.91 Å². The number of amides is 1. The first-order valence-electron chi connectivity index (χ1n) is 19.0. The van der Waals surface area contributed by atoms with Gasteiger partial charge in [0.2, 0.25) is 5.91 Å². The number of aliphatic hydroxyl groups is 3. The Bertz CT molecular complexity index is 596. The number of nitrogens with one attached hydrogen (secondary N) is 1. The first-order chi connectivity index (χ1) is 21.1. The average molecular weight is 610 g/mol. The fourth-order valence-corrected chi connectivity index (χ4v) is 5.87. The lowest BCUT2D eigenvalue weighted by molar-refractivity contribution is -0.124. The average Bonchev–Trinajstić information content (AvgIpc) is 3.01. The van der Waals surface area contributed by atoms with Crippen molar-refractivity contribution in [3.05, 3.63) is 12.2 Å². The summed E-state index contributed by atoms with van der Waals surface area (Å²) in [6, 6.07) is -0.818. The maximum atomic E-state index is 12.3. The van der Waals surface area contributed by atoms with Gasteiger partial charge in [0, 0.05) is 6.42 Å². The summed E-state index contributed by atoms with van der Waals surface area (Å²) in [7, 11) is 0. The summed E-state index contributed by atoms with van der Waals surface area (Å²) >= 11 is 0. The monoisotopic (exact) mass is 610 g/mol. The van der Waals surface area contributed by atoms with Gasteiger partial charge in [0.1, 0.15) is 6.10 Å². The van der Waals surface area contributed by atoms with Gasteiger partial charge in [0.15, 0.2) is 0 Å². The van der Waals surface area contributed by atoms with Crippen LogP contribution >= 0.6 is 0 Å². The maximum absolute atomic E-state index is 12.3. The Morgan fingerprint density at radius 2 is 0.930 bits per heavy atom. The van der Waals surface area contributed by atoms with E-state index in [0.29, 0.717) is 12.8 Å². The second-order valence-corrected chi connectivity index (χ2v) is 13.1. The van der Waals surface area contributed by atoms with Gasteiger partial charge in [-0.1, -0.05) is 174 Å². The molecule has 0 bridgehead atoms. The highest BCUT2D eigenvalue weighted by Gasteiger charge is 2.26. The van der Waals surface area contributed by atoms with Gasteiger partial charge >= 0.3 is 0 Å². The van der Waals surface area contributed by atoms with Gasteiger partial charge in [-0.2, -0.15) is 0 Å². The largest absolute Gasteiger partial charge is 0.394 e. The molecule has 0 aromatic rings. The minimum Gasteiger partial charge on any atom is -0.394 e. The standard InChI is InChI=1S/C38H75NO4/c1-3-5-7-9-11-13-14-15-16-17-18-19-20-21-22-23-25-26-28-30-32-36(41)38(43)35(34-40)39-37(42)33-31-29-27-24-12-10-8-6-4-2/h24,27,35-36,38,40-41,43H,3-23,25-26,28-34H2,1-2H3,(H,39,42)/b27-24-. The molecule has 0 aliphatic rings. The van der Waals surface area contributed by atoms with Gasteiger partial charge in [-0.15, -0.1) is 0 Å². The van der Waals surface area contributed by atoms with E-state index in [2.05, 4.69) is 31.3 Å². The van der Waals surface area contributed by atoms with Crippen LogP contribution in [0.15, 0.2) is 12.2 Å². The Labute approximate surface area is 268 Å². The molecule has 256 valence electrons. The molecule has 0 aliphatic carbocycles. The predicted octanol–water partition coefficient (Wildman–Crippen LogP) is 10.1. The van der Waals surface area contributed by atoms with Crippen LogP contribution in [-0.2, 0) is 4.79 Å². The summed E-state index contributed by atoms with van der Waals surface area (Å²) in [6.07, 6.45) is 37.5. The van der Waals surface area contributed by atoms with E-state index in [-0.39, 0.29) is 12.5 Å². The third kappa shape index (κ3) is 29.6. The quantitative estimate of drug-likeness (QED) is 0.0432. The Morgan fingerprint density at radius 3 is 1.35 bits per heavy atom. The zero-order valence-electron chi connectivity index (χ0n) is 28.8. The summed E-state index contributed by atoms with van der Waals surface area (Å²) in [5.41, 5.74) is 0. The molecule has 0 aromatic carbocycles. The van der Waals surface area contributed by atoms with E-state index in [1.54, 1.807) is 0 Å². The molecule has 3 unspecified atom stereocenters. The molecule has 0 spiro atoms. The van der Waals surface area contributed by atoms with Gasteiger partial charge in [0.25, 0.3) is 0 Å². The zero-order chi connectivity index (χ0) is 31.6. The summed E-state index contributed by atoms with van der Waals surface area (Å²) < 4.78 is 0. The van der Waals surface area contributed by atoms with Gasteiger partial charge in [-0.05, 0) is 32.1 Å². The molecule has 5 nitrogen and oxygen atoms in total. The third-order valence-corrected chi connectivity index (χ3v) is 8.87. The Hall–Kier alpha value is -0.910. The zero-order valence-corrected chi connectivity index (χ0v) is 28.8. The molecule has 3 atom stereocenters. The maximum Gasteiger partial charge on any atom is 0.220 e. The van der Waals surface area contributed by atoms with E-state index in [9.17, 15) is 20.1 Å². The highest BCUT2D eigenvalue weighted by Crippen LogP contribution is 2.16. The summed E-state index contributed by atoms with van der Waals surface area (Å²) in [5.74, 6) is -0.180. The normalized spacial score (nSPS) is 13.9. The molecule has 4 N–H and O–H groups in total. The number of hydrogen-bond acceptors (Lipinski definition) is 4. The molecular formula is C38H75NO4. The molecule has 5 heteroatoms. The number of carbonyl (C=O) groups excluding carboxylic acids is 1. The fraction of sp³-hybridized carbons (Fsp3) is 0.921. The van der Waals surface area contributed by atoms with Crippen molar-refractivity contribution in [2.45, 2.75) is 218 Å². The minimum absolute atomic E-state index is 0.180. The Morgan fingerprint density at radius 1 is 0.558 bits per heavy atom. The van der Waals surface area contributed by atoms with E-state index in [1.807, 2.05) is 0 Å². The molecule has 0 radical (unpaired) electrons. The van der Waals surface area contributed by atoms with Crippen molar-refractivity contribution in [2.24, 2.45) is 0 Å². The topological polar surface area (TPSA) is 89.8 Å². The Kier molecular flexibility index (Phi) is 33.3. The number of carbonyl (C=O) groups is 1. The molecular weight excluding hydrogens is 534 g/mol. The first kappa shape index (κ1) is 42.1. The van der Waals surface area contributed by atoms with Crippen molar-refractivity contribution in [1.29, 1.82) is 0 Å². The van der Waals surface area contributed by atoms with Gasteiger partial charge < -0.3 is 20.6 Å². The highest BCUT2D eigenvalue weighted by atomic mass is 16.3. The Balaban J connectivity index is 3.61. The molecule has 0 aromatic heterocycles. The van der Waals surface area contributed by atoms with Crippen molar-refractivity contribution in [3.8, 4) is 0 Å². The number of unbranched alkanes of at least 4 members (excludes halogenated alkanes) is 24. The second-order valence-electron chi connectivity index (χ2n) is 13.1. The molecule has 0 rings (SSSR count). The lowest BCUT2D eigenvalue weighted by Crippen LogP contribution is -2.50. The van der Waals surface area contributed by atoms with Crippen LogP contribution in [0.4, 0.5) is 0 Å². The van der Waals surface area contributed by atoms with E-state index in [1.165, 1.54) is 135 Å². The lowest BCUT2D eigenvalue weighted by atomic mass is 9.99. The lowest BCUT2D eigenvalue weighted by Gasteiger charge is -2.26. The van der Waals surface area contributed by atoms with Crippen LogP contribution in [0.5, 0.6) is 0 Å². The van der Waals surface area contributed by atoms with Crippen LogP contribution < -0.4 is 5.32 Å². The van der Waals surface area contributed by atoms with E-state index in [0.717, 1.165) is 38.5 Å². The minimum atomic E-state index is -1.14.